The molecule has 3 saturated carbocycles. The molecule has 2 aliphatic heterocycles. The fourth-order valence-corrected chi connectivity index (χ4v) is 9.16. The Morgan fingerprint density at radius 3 is 0.800 bits per heavy atom. The first-order valence-corrected chi connectivity index (χ1v) is 25.9. The average Bonchev–Trinajstić information content (AvgIpc) is 3.21. The van der Waals surface area contributed by atoms with Crippen molar-refractivity contribution in [1.29, 1.82) is 0 Å². The molecule has 0 aromatic carbocycles. The van der Waals surface area contributed by atoms with E-state index in [4.69, 9.17) is 9.47 Å². The van der Waals surface area contributed by atoms with Crippen molar-refractivity contribution in [1.82, 2.24) is 0 Å². The summed E-state index contributed by atoms with van der Waals surface area (Å²) in [5.74, 6) is 11.4. The molecular weight excluding hydrogens is 737 g/mol. The molecule has 4 heteroatoms. The van der Waals surface area contributed by atoms with Crippen molar-refractivity contribution in [2.24, 2.45) is 71.0 Å². The van der Waals surface area contributed by atoms with E-state index in [9.17, 15) is 0 Å². The van der Waals surface area contributed by atoms with Gasteiger partial charge in [0.05, 0.1) is 12.2 Å². The molecule has 0 radical (unpaired) electrons. The lowest BCUT2D eigenvalue weighted by molar-refractivity contribution is 0.000174. The van der Waals surface area contributed by atoms with E-state index in [0.29, 0.717) is 12.2 Å². The van der Waals surface area contributed by atoms with Gasteiger partial charge in [-0.2, -0.15) is 0 Å². The van der Waals surface area contributed by atoms with Crippen LogP contribution in [0.2, 0.25) is 0 Å². The molecule has 0 spiro atoms. The highest BCUT2D eigenvalue weighted by molar-refractivity contribution is 5.02. The van der Waals surface area contributed by atoms with Crippen LogP contribution in [0.25, 0.3) is 0 Å². The van der Waals surface area contributed by atoms with Gasteiger partial charge in [0, 0.05) is 14.6 Å². The summed E-state index contributed by atoms with van der Waals surface area (Å²) in [6.45, 7) is 38.9. The molecule has 0 bridgehead atoms. The second-order valence-corrected chi connectivity index (χ2v) is 22.5. The summed E-state index contributed by atoms with van der Waals surface area (Å²) >= 11 is 0. The molecule has 60 heavy (non-hydrogen) atoms. The monoisotopic (exact) mass is 851 g/mol. The fourth-order valence-electron chi connectivity index (χ4n) is 9.16. The summed E-state index contributed by atoms with van der Waals surface area (Å²) < 4.78 is 10.8. The molecule has 7 aliphatic rings. The Morgan fingerprint density at radius 1 is 0.350 bits per heavy atom. The maximum Gasteiger partial charge on any atom is 0.0547 e. The van der Waals surface area contributed by atoms with Gasteiger partial charge in [0.25, 0.3) is 0 Å². The highest BCUT2D eigenvalue weighted by Crippen LogP contribution is 2.37. The Bertz CT molecular complexity index is 865. The Kier molecular flexibility index (Phi) is 36.5. The van der Waals surface area contributed by atoms with E-state index in [0.717, 1.165) is 84.2 Å². The van der Waals surface area contributed by atoms with Crippen LogP contribution in [-0.2, 0) is 9.47 Å². The number of hydrogen-bond acceptors (Lipinski definition) is 2. The van der Waals surface area contributed by atoms with Gasteiger partial charge in [-0.1, -0.05) is 171 Å². The normalized spacial score (nSPS) is 37.3. The predicted molar refractivity (Wildman–Crippen MR) is 270 cm³/mol. The third kappa shape index (κ3) is 31.2. The van der Waals surface area contributed by atoms with Crippen molar-refractivity contribution in [3.8, 4) is 0 Å². The second kappa shape index (κ2) is 35.6. The smallest absolute Gasteiger partial charge is 0.0547 e. The van der Waals surface area contributed by atoms with Gasteiger partial charge in [-0.25, -0.2) is 0 Å². The lowest BCUT2D eigenvalue weighted by Gasteiger charge is -2.36. The molecule has 5 fully saturated rings. The molecule has 10 atom stereocenters. The molecule has 4 nitrogen and oxygen atoms in total. The van der Waals surface area contributed by atoms with Gasteiger partial charge in [0.2, 0.25) is 0 Å². The molecule has 0 aromatic heterocycles. The van der Waals surface area contributed by atoms with Crippen LogP contribution in [0.5, 0.6) is 0 Å². The van der Waals surface area contributed by atoms with Crippen LogP contribution in [0.4, 0.5) is 0 Å². The Balaban J connectivity index is -0.000000639. The first-order valence-electron chi connectivity index (χ1n) is 25.9. The van der Waals surface area contributed by atoms with E-state index < -0.39 is 0 Å². The van der Waals surface area contributed by atoms with Crippen LogP contribution in [-0.4, -0.2) is 36.4 Å². The van der Waals surface area contributed by atoms with Gasteiger partial charge >= 0.3 is 0 Å². The third-order valence-electron chi connectivity index (χ3n) is 15.6. The molecule has 7 rings (SSSR count). The number of allylic oxidation sites excluding steroid dienone is 4. The molecule has 5 aliphatic carbocycles. The van der Waals surface area contributed by atoms with Gasteiger partial charge in [-0.3, -0.25) is 0 Å². The zero-order chi connectivity index (χ0) is 43.6. The SMILES string of the molecule is CC1=CCC(C)CC1.CC1=CCC(C)CC1.CC1CCC(C)C(C)C1C.CC1CCC(C)CC1.CC1CCC(C)CC1.CC1CCC(C)OC1.CC1CCC(C)OC1.O.O.[HH]. The van der Waals surface area contributed by atoms with E-state index in [1.165, 1.54) is 128 Å². The molecule has 0 aromatic rings. The van der Waals surface area contributed by atoms with Crippen LogP contribution in [0.15, 0.2) is 23.3 Å². The summed E-state index contributed by atoms with van der Waals surface area (Å²) in [4.78, 5) is 0. The summed E-state index contributed by atoms with van der Waals surface area (Å²) in [7, 11) is 0. The van der Waals surface area contributed by atoms with Crippen molar-refractivity contribution in [2.45, 2.75) is 251 Å². The van der Waals surface area contributed by atoms with Gasteiger partial charge in [-0.05, 0) is 163 Å². The highest BCUT2D eigenvalue weighted by atomic mass is 16.5. The highest BCUT2D eigenvalue weighted by Gasteiger charge is 2.28. The molecule has 0 amide bonds. The molecule has 2 saturated heterocycles. The summed E-state index contributed by atoms with van der Waals surface area (Å²) in [6, 6.07) is 0. The fraction of sp³-hybridized carbons (Fsp3) is 0.929. The first kappa shape index (κ1) is 61.4. The number of hydrogen-bond donors (Lipinski definition) is 0. The minimum atomic E-state index is 0. The molecule has 362 valence electrons. The molecule has 10 unspecified atom stereocenters. The molecular formula is C56H114O4. The molecule has 2 heterocycles. The van der Waals surface area contributed by atoms with Gasteiger partial charge < -0.3 is 20.4 Å². The average molecular weight is 852 g/mol. The van der Waals surface area contributed by atoms with Gasteiger partial charge in [0.15, 0.2) is 0 Å². The zero-order valence-corrected chi connectivity index (χ0v) is 43.6. The summed E-state index contributed by atoms with van der Waals surface area (Å²) in [5.41, 5.74) is 3.17. The Hall–Kier alpha value is -0.680. The van der Waals surface area contributed by atoms with Crippen LogP contribution >= 0.6 is 0 Å². The van der Waals surface area contributed by atoms with E-state index in [2.05, 4.69) is 123 Å². The molecule has 4 N–H and O–H groups in total. The Labute approximate surface area is 379 Å². The minimum absolute atomic E-state index is 0. The van der Waals surface area contributed by atoms with Crippen molar-refractivity contribution >= 4 is 0 Å². The second-order valence-electron chi connectivity index (χ2n) is 22.5. The van der Waals surface area contributed by atoms with Gasteiger partial charge in [0.1, 0.15) is 0 Å². The minimum Gasteiger partial charge on any atom is -0.412 e. The third-order valence-corrected chi connectivity index (χ3v) is 15.6. The van der Waals surface area contributed by atoms with E-state index in [1.54, 1.807) is 11.1 Å². The largest absolute Gasteiger partial charge is 0.412 e. The predicted octanol–water partition coefficient (Wildman–Crippen LogP) is 16.7. The number of ether oxygens (including phenoxy) is 2. The van der Waals surface area contributed by atoms with E-state index >= 15 is 0 Å². The standard InChI is InChI=1S/C10H20.2C8H16.2C8H14.2C7H14O.2H2O.H2/c1-7-5-6-8(2)10(4)9(7)3;4*1-7-3-5-8(2)6-4-7;2*1-6-3-4-7(2)8-5-6;;;/h7-10H,5-6H2,1-4H3;2*7-8H,3-6H2,1-2H3;2*3,8H,4-6H2,1-2H3;2*6-7H,3-5H2,1-2H3;2*1H2;1H. The number of rotatable bonds is 0. The van der Waals surface area contributed by atoms with Crippen molar-refractivity contribution < 1.29 is 21.9 Å². The van der Waals surface area contributed by atoms with Crippen molar-refractivity contribution in [3.05, 3.63) is 23.3 Å². The lowest BCUT2D eigenvalue weighted by Crippen LogP contribution is -2.27. The quantitative estimate of drug-likeness (QED) is 0.228. The van der Waals surface area contributed by atoms with E-state index in [-0.39, 0.29) is 12.4 Å². The van der Waals surface area contributed by atoms with Gasteiger partial charge in [-0.15, -0.1) is 0 Å². The van der Waals surface area contributed by atoms with Crippen LogP contribution in [0.1, 0.15) is 241 Å². The van der Waals surface area contributed by atoms with Crippen molar-refractivity contribution in [2.75, 3.05) is 13.2 Å². The first-order chi connectivity index (χ1) is 27.4. The topological polar surface area (TPSA) is 81.5 Å². The van der Waals surface area contributed by atoms with Crippen LogP contribution in [0, 0.1) is 71.0 Å². The lowest BCUT2D eigenvalue weighted by atomic mass is 9.69. The maximum absolute atomic E-state index is 5.39. The summed E-state index contributed by atoms with van der Waals surface area (Å²) in [5, 5.41) is 0. The Morgan fingerprint density at radius 2 is 0.617 bits per heavy atom. The summed E-state index contributed by atoms with van der Waals surface area (Å²) in [6.07, 6.45) is 33.8. The zero-order valence-electron chi connectivity index (χ0n) is 43.6. The van der Waals surface area contributed by atoms with Crippen LogP contribution in [0.3, 0.4) is 0 Å². The maximum atomic E-state index is 5.39. The van der Waals surface area contributed by atoms with E-state index in [1.807, 2.05) is 0 Å². The van der Waals surface area contributed by atoms with Crippen LogP contribution < -0.4 is 0 Å². The van der Waals surface area contributed by atoms with Crippen molar-refractivity contribution in [3.63, 3.8) is 0 Å².